The van der Waals surface area contributed by atoms with Gasteiger partial charge >= 0.3 is 5.97 Å². The lowest BCUT2D eigenvalue weighted by Crippen LogP contribution is -2.25. The molecular weight excluding hydrogens is 358 g/mol. The van der Waals surface area contributed by atoms with E-state index in [-0.39, 0.29) is 18.7 Å². The van der Waals surface area contributed by atoms with Crippen molar-refractivity contribution in [2.75, 3.05) is 19.8 Å². The highest BCUT2D eigenvalue weighted by Gasteiger charge is 2.05. The summed E-state index contributed by atoms with van der Waals surface area (Å²) in [7, 11) is 0. The van der Waals surface area contributed by atoms with E-state index in [4.69, 9.17) is 14.6 Å². The zero-order valence-electron chi connectivity index (χ0n) is 16.4. The van der Waals surface area contributed by atoms with Crippen LogP contribution in [0.1, 0.15) is 29.5 Å². The van der Waals surface area contributed by atoms with Crippen LogP contribution in [-0.4, -0.2) is 36.7 Å². The monoisotopic (exact) mass is 385 g/mol. The standard InChI is InChI=1S/C22H27NO5/c1-16-3-4-17(2)20(15-16)28-14-13-27-19-7-5-18(6-8-19)11-12-23-21(24)9-10-22(25)26/h3-8,15H,9-14H2,1-2H3,(H,23,24)(H,25,26). The maximum atomic E-state index is 11.5. The fraction of sp³-hybridized carbons (Fsp3) is 0.364. The quantitative estimate of drug-likeness (QED) is 0.580. The number of carboxylic acid groups (broad SMARTS) is 1. The van der Waals surface area contributed by atoms with Gasteiger partial charge in [0.05, 0.1) is 6.42 Å². The molecule has 0 fully saturated rings. The number of carbonyl (C=O) groups excluding carboxylic acids is 1. The first-order chi connectivity index (χ1) is 13.4. The molecule has 150 valence electrons. The van der Waals surface area contributed by atoms with Crippen LogP contribution in [0.25, 0.3) is 0 Å². The van der Waals surface area contributed by atoms with Gasteiger partial charge in [-0.05, 0) is 55.2 Å². The van der Waals surface area contributed by atoms with E-state index in [1.54, 1.807) is 0 Å². The van der Waals surface area contributed by atoms with Gasteiger partial charge in [0.2, 0.25) is 5.91 Å². The first-order valence-corrected chi connectivity index (χ1v) is 9.34. The highest BCUT2D eigenvalue weighted by Crippen LogP contribution is 2.19. The van der Waals surface area contributed by atoms with Crippen molar-refractivity contribution in [3.8, 4) is 11.5 Å². The first kappa shape index (κ1) is 21.3. The Morgan fingerprint density at radius 3 is 2.39 bits per heavy atom. The summed E-state index contributed by atoms with van der Waals surface area (Å²) in [6, 6.07) is 13.8. The Labute approximate surface area is 165 Å². The summed E-state index contributed by atoms with van der Waals surface area (Å²) in [5.74, 6) is 0.430. The van der Waals surface area contributed by atoms with Gasteiger partial charge in [-0.25, -0.2) is 0 Å². The van der Waals surface area contributed by atoms with Crippen LogP contribution in [0.5, 0.6) is 11.5 Å². The van der Waals surface area contributed by atoms with Crippen LogP contribution < -0.4 is 14.8 Å². The fourth-order valence-corrected chi connectivity index (χ4v) is 2.58. The Hall–Kier alpha value is -3.02. The lowest BCUT2D eigenvalue weighted by atomic mass is 10.1. The smallest absolute Gasteiger partial charge is 0.303 e. The Morgan fingerprint density at radius 2 is 1.68 bits per heavy atom. The van der Waals surface area contributed by atoms with Gasteiger partial charge in [0.25, 0.3) is 0 Å². The minimum atomic E-state index is -0.967. The second-order valence-electron chi connectivity index (χ2n) is 6.60. The van der Waals surface area contributed by atoms with E-state index in [1.165, 1.54) is 0 Å². The normalized spacial score (nSPS) is 10.4. The summed E-state index contributed by atoms with van der Waals surface area (Å²) < 4.78 is 11.5. The molecule has 0 saturated carbocycles. The van der Waals surface area contributed by atoms with Crippen molar-refractivity contribution in [1.82, 2.24) is 5.32 Å². The third-order valence-corrected chi connectivity index (χ3v) is 4.18. The Kier molecular flexibility index (Phi) is 8.34. The average Bonchev–Trinajstić information content (AvgIpc) is 2.67. The highest BCUT2D eigenvalue weighted by molar-refractivity contribution is 5.80. The number of nitrogens with one attached hydrogen (secondary N) is 1. The van der Waals surface area contributed by atoms with Gasteiger partial charge in [0, 0.05) is 13.0 Å². The lowest BCUT2D eigenvalue weighted by molar-refractivity contribution is -0.138. The van der Waals surface area contributed by atoms with Crippen LogP contribution in [0.2, 0.25) is 0 Å². The van der Waals surface area contributed by atoms with Gasteiger partial charge in [0.15, 0.2) is 0 Å². The predicted octanol–water partition coefficient (Wildman–Crippen LogP) is 3.28. The van der Waals surface area contributed by atoms with Crippen LogP contribution >= 0.6 is 0 Å². The number of carbonyl (C=O) groups is 2. The van der Waals surface area contributed by atoms with Crippen molar-refractivity contribution in [3.63, 3.8) is 0 Å². The zero-order valence-corrected chi connectivity index (χ0v) is 16.4. The molecular formula is C22H27NO5. The second kappa shape index (κ2) is 11.0. The molecule has 0 saturated heterocycles. The van der Waals surface area contributed by atoms with Gasteiger partial charge in [0.1, 0.15) is 24.7 Å². The van der Waals surface area contributed by atoms with Crippen LogP contribution in [0.3, 0.4) is 0 Å². The topological polar surface area (TPSA) is 84.9 Å². The SMILES string of the molecule is Cc1ccc(C)c(OCCOc2ccc(CCNC(=O)CCC(=O)O)cc2)c1. The summed E-state index contributed by atoms with van der Waals surface area (Å²) in [5, 5.41) is 11.3. The van der Waals surface area contributed by atoms with Gasteiger partial charge in [-0.1, -0.05) is 24.3 Å². The minimum Gasteiger partial charge on any atom is -0.490 e. The van der Waals surface area contributed by atoms with Crippen molar-refractivity contribution in [3.05, 3.63) is 59.2 Å². The molecule has 6 heteroatoms. The molecule has 0 radical (unpaired) electrons. The third kappa shape index (κ3) is 7.70. The number of carboxylic acids is 1. The number of ether oxygens (including phenoxy) is 2. The molecule has 0 aliphatic carbocycles. The lowest BCUT2D eigenvalue weighted by Gasteiger charge is -2.11. The number of hydrogen-bond acceptors (Lipinski definition) is 4. The van der Waals surface area contributed by atoms with Crippen molar-refractivity contribution in [1.29, 1.82) is 0 Å². The number of aryl methyl sites for hydroxylation is 2. The summed E-state index contributed by atoms with van der Waals surface area (Å²) in [4.78, 5) is 21.9. The van der Waals surface area contributed by atoms with Crippen molar-refractivity contribution < 1.29 is 24.2 Å². The molecule has 0 heterocycles. The summed E-state index contributed by atoms with van der Waals surface area (Å²) >= 11 is 0. The van der Waals surface area contributed by atoms with Crippen molar-refractivity contribution in [2.45, 2.75) is 33.1 Å². The molecule has 1 amide bonds. The predicted molar refractivity (Wildman–Crippen MR) is 107 cm³/mol. The number of rotatable bonds is 11. The maximum absolute atomic E-state index is 11.5. The van der Waals surface area contributed by atoms with Gasteiger partial charge in [-0.2, -0.15) is 0 Å². The maximum Gasteiger partial charge on any atom is 0.303 e. The molecule has 2 aromatic carbocycles. The fourth-order valence-electron chi connectivity index (χ4n) is 2.58. The Bertz CT molecular complexity index is 786. The van der Waals surface area contributed by atoms with E-state index in [0.717, 1.165) is 28.2 Å². The Balaban J connectivity index is 1.66. The number of aliphatic carboxylic acids is 1. The van der Waals surface area contributed by atoms with E-state index in [0.29, 0.717) is 26.2 Å². The van der Waals surface area contributed by atoms with Gasteiger partial charge in [-0.3, -0.25) is 9.59 Å². The molecule has 0 aromatic heterocycles. The van der Waals surface area contributed by atoms with Crippen molar-refractivity contribution in [2.24, 2.45) is 0 Å². The molecule has 2 N–H and O–H groups in total. The first-order valence-electron chi connectivity index (χ1n) is 9.34. The second-order valence-corrected chi connectivity index (χ2v) is 6.60. The molecule has 2 aromatic rings. The van der Waals surface area contributed by atoms with E-state index >= 15 is 0 Å². The van der Waals surface area contributed by atoms with Gasteiger partial charge in [-0.15, -0.1) is 0 Å². The highest BCUT2D eigenvalue weighted by atomic mass is 16.5. The van der Waals surface area contributed by atoms with Crippen LogP contribution in [-0.2, 0) is 16.0 Å². The summed E-state index contributed by atoms with van der Waals surface area (Å²) in [6.07, 6.45) is 0.534. The largest absolute Gasteiger partial charge is 0.490 e. The van der Waals surface area contributed by atoms with E-state index < -0.39 is 5.97 Å². The number of benzene rings is 2. The van der Waals surface area contributed by atoms with E-state index in [9.17, 15) is 9.59 Å². The van der Waals surface area contributed by atoms with E-state index in [2.05, 4.69) is 11.4 Å². The molecule has 0 unspecified atom stereocenters. The Morgan fingerprint density at radius 1 is 0.964 bits per heavy atom. The zero-order chi connectivity index (χ0) is 20.4. The minimum absolute atomic E-state index is 0.00621. The molecule has 2 rings (SSSR count). The molecule has 0 atom stereocenters. The molecule has 0 spiro atoms. The molecule has 28 heavy (non-hydrogen) atoms. The number of amides is 1. The number of hydrogen-bond donors (Lipinski definition) is 2. The molecule has 0 aliphatic rings. The summed E-state index contributed by atoms with van der Waals surface area (Å²) in [5.41, 5.74) is 3.33. The van der Waals surface area contributed by atoms with Crippen molar-refractivity contribution >= 4 is 11.9 Å². The summed E-state index contributed by atoms with van der Waals surface area (Å²) in [6.45, 7) is 5.44. The van der Waals surface area contributed by atoms with Crippen LogP contribution in [0.15, 0.2) is 42.5 Å². The van der Waals surface area contributed by atoms with Crippen LogP contribution in [0, 0.1) is 13.8 Å². The molecule has 6 nitrogen and oxygen atoms in total. The van der Waals surface area contributed by atoms with Crippen LogP contribution in [0.4, 0.5) is 0 Å². The molecule has 0 bridgehead atoms. The van der Waals surface area contributed by atoms with E-state index in [1.807, 2.05) is 50.2 Å². The average molecular weight is 385 g/mol. The van der Waals surface area contributed by atoms with Gasteiger partial charge < -0.3 is 19.9 Å². The molecule has 0 aliphatic heterocycles. The third-order valence-electron chi connectivity index (χ3n) is 4.18.